The zero-order chi connectivity index (χ0) is 19.6. The number of nitrogens with one attached hydrogen (secondary N) is 1. The lowest BCUT2D eigenvalue weighted by molar-refractivity contribution is 0.0856. The monoisotopic (exact) mass is 385 g/mol. The van der Waals surface area contributed by atoms with Crippen molar-refractivity contribution in [3.05, 3.63) is 72.8 Å². The number of fused-ring (bicyclic) bond motifs is 1. The Bertz CT molecular complexity index is 1090. The zero-order valence-corrected chi connectivity index (χ0v) is 16.1. The molecule has 1 fully saturated rings. The second-order valence-corrected chi connectivity index (χ2v) is 7.50. The normalized spacial score (nSPS) is 16.2. The van der Waals surface area contributed by atoms with Crippen LogP contribution in [-0.4, -0.2) is 38.1 Å². The van der Waals surface area contributed by atoms with Crippen LogP contribution in [0.5, 0.6) is 0 Å². The number of rotatable bonds is 4. The maximum Gasteiger partial charge on any atom is 0.162 e. The number of nitrogens with zero attached hydrogens (tertiary/aromatic N) is 4. The number of aliphatic hydroxyl groups is 1. The van der Waals surface area contributed by atoms with Crippen LogP contribution >= 0.6 is 0 Å². The third kappa shape index (κ3) is 3.47. The van der Waals surface area contributed by atoms with Gasteiger partial charge in [0.2, 0.25) is 0 Å². The molecule has 3 heterocycles. The fourth-order valence-corrected chi connectivity index (χ4v) is 4.11. The standard InChI is InChI=1S/C23H23N5O/c29-20(22-24-12-13-25-22)16-10-14-28(15-11-16)23-18-8-4-5-9-19(18)26-21(27-23)17-6-2-1-3-7-17/h1-9,12-13,16,20,29H,10-11,14-15H2,(H,24,25). The smallest absolute Gasteiger partial charge is 0.162 e. The summed E-state index contributed by atoms with van der Waals surface area (Å²) in [6.07, 6.45) is 4.67. The number of imidazole rings is 1. The number of hydrogen-bond acceptors (Lipinski definition) is 5. The predicted octanol–water partition coefficient (Wildman–Crippen LogP) is 3.97. The van der Waals surface area contributed by atoms with Crippen LogP contribution in [-0.2, 0) is 0 Å². The van der Waals surface area contributed by atoms with E-state index < -0.39 is 6.10 Å². The summed E-state index contributed by atoms with van der Waals surface area (Å²) in [5.41, 5.74) is 1.97. The first-order valence-electron chi connectivity index (χ1n) is 10.0. The van der Waals surface area contributed by atoms with Gasteiger partial charge in [-0.25, -0.2) is 15.0 Å². The molecule has 2 aromatic heterocycles. The first-order chi connectivity index (χ1) is 14.3. The SMILES string of the molecule is OC(c1ncc[nH]1)C1CCN(c2nc(-c3ccccc3)nc3ccccc23)CC1. The van der Waals surface area contributed by atoms with E-state index in [4.69, 9.17) is 9.97 Å². The Labute approximate surface area is 169 Å². The summed E-state index contributed by atoms with van der Waals surface area (Å²) in [5.74, 6) is 2.57. The number of anilines is 1. The number of aromatic nitrogens is 4. The van der Waals surface area contributed by atoms with Crippen LogP contribution in [0.4, 0.5) is 5.82 Å². The fraction of sp³-hybridized carbons (Fsp3) is 0.261. The summed E-state index contributed by atoms with van der Waals surface area (Å²) in [6, 6.07) is 18.3. The highest BCUT2D eigenvalue weighted by molar-refractivity contribution is 5.91. The van der Waals surface area contributed by atoms with Gasteiger partial charge >= 0.3 is 0 Å². The molecule has 5 rings (SSSR count). The van der Waals surface area contributed by atoms with E-state index in [2.05, 4.69) is 20.9 Å². The Morgan fingerprint density at radius 1 is 0.966 bits per heavy atom. The van der Waals surface area contributed by atoms with Gasteiger partial charge in [-0.1, -0.05) is 42.5 Å². The molecular weight excluding hydrogens is 362 g/mol. The molecule has 1 aliphatic heterocycles. The predicted molar refractivity (Wildman–Crippen MR) is 113 cm³/mol. The molecule has 1 saturated heterocycles. The number of piperidine rings is 1. The molecule has 1 aliphatic rings. The summed E-state index contributed by atoms with van der Waals surface area (Å²) in [7, 11) is 0. The van der Waals surface area contributed by atoms with Gasteiger partial charge in [0.05, 0.1) is 5.52 Å². The molecule has 0 aliphatic carbocycles. The Morgan fingerprint density at radius 3 is 2.48 bits per heavy atom. The van der Waals surface area contributed by atoms with Gasteiger partial charge in [0.25, 0.3) is 0 Å². The van der Waals surface area contributed by atoms with E-state index in [1.807, 2.05) is 48.5 Å². The van der Waals surface area contributed by atoms with Crippen molar-refractivity contribution >= 4 is 16.7 Å². The van der Waals surface area contributed by atoms with Crippen molar-refractivity contribution in [1.82, 2.24) is 19.9 Å². The minimum absolute atomic E-state index is 0.194. The van der Waals surface area contributed by atoms with E-state index >= 15 is 0 Å². The average Bonchev–Trinajstić information content (AvgIpc) is 3.34. The van der Waals surface area contributed by atoms with Gasteiger partial charge < -0.3 is 15.0 Å². The molecule has 0 spiro atoms. The number of hydrogen-bond donors (Lipinski definition) is 2. The Balaban J connectivity index is 1.44. The van der Waals surface area contributed by atoms with Crippen molar-refractivity contribution in [2.45, 2.75) is 18.9 Å². The van der Waals surface area contributed by atoms with Gasteiger partial charge in [-0.2, -0.15) is 0 Å². The summed E-state index contributed by atoms with van der Waals surface area (Å²) in [4.78, 5) is 19.3. The lowest BCUT2D eigenvalue weighted by Crippen LogP contribution is -2.36. The molecule has 146 valence electrons. The maximum absolute atomic E-state index is 10.6. The van der Waals surface area contributed by atoms with Crippen LogP contribution in [0.2, 0.25) is 0 Å². The minimum atomic E-state index is -0.547. The summed E-state index contributed by atoms with van der Waals surface area (Å²) in [6.45, 7) is 1.69. The Morgan fingerprint density at radius 2 is 1.72 bits per heavy atom. The molecule has 0 radical (unpaired) electrons. The topological polar surface area (TPSA) is 77.9 Å². The highest BCUT2D eigenvalue weighted by Gasteiger charge is 2.29. The lowest BCUT2D eigenvalue weighted by Gasteiger charge is -2.35. The zero-order valence-electron chi connectivity index (χ0n) is 16.1. The van der Waals surface area contributed by atoms with Crippen LogP contribution in [0.25, 0.3) is 22.3 Å². The Hall–Kier alpha value is -3.25. The second kappa shape index (κ2) is 7.64. The van der Waals surface area contributed by atoms with E-state index in [0.717, 1.165) is 54.0 Å². The second-order valence-electron chi connectivity index (χ2n) is 7.50. The van der Waals surface area contributed by atoms with E-state index in [9.17, 15) is 5.11 Å². The van der Waals surface area contributed by atoms with Gasteiger partial charge in [-0.05, 0) is 30.9 Å². The van der Waals surface area contributed by atoms with Crippen LogP contribution < -0.4 is 4.90 Å². The van der Waals surface area contributed by atoms with Crippen LogP contribution in [0.1, 0.15) is 24.8 Å². The number of para-hydroxylation sites is 1. The molecule has 0 saturated carbocycles. The number of benzene rings is 2. The van der Waals surface area contributed by atoms with Gasteiger partial charge in [-0.3, -0.25) is 0 Å². The number of aliphatic hydroxyl groups excluding tert-OH is 1. The molecule has 4 aromatic rings. The van der Waals surface area contributed by atoms with Crippen molar-refractivity contribution in [2.75, 3.05) is 18.0 Å². The van der Waals surface area contributed by atoms with Gasteiger partial charge in [0, 0.05) is 36.4 Å². The van der Waals surface area contributed by atoms with Crippen molar-refractivity contribution in [1.29, 1.82) is 0 Å². The largest absolute Gasteiger partial charge is 0.385 e. The van der Waals surface area contributed by atoms with Crippen LogP contribution in [0, 0.1) is 5.92 Å². The van der Waals surface area contributed by atoms with Gasteiger partial charge in [0.15, 0.2) is 5.82 Å². The first-order valence-corrected chi connectivity index (χ1v) is 10.0. The van der Waals surface area contributed by atoms with Crippen molar-refractivity contribution < 1.29 is 5.11 Å². The van der Waals surface area contributed by atoms with Crippen molar-refractivity contribution in [2.24, 2.45) is 5.92 Å². The quantitative estimate of drug-likeness (QED) is 0.556. The van der Waals surface area contributed by atoms with Crippen molar-refractivity contribution in [3.8, 4) is 11.4 Å². The molecule has 1 unspecified atom stereocenters. The number of aromatic amines is 1. The minimum Gasteiger partial charge on any atom is -0.385 e. The molecule has 6 nitrogen and oxygen atoms in total. The van der Waals surface area contributed by atoms with Crippen LogP contribution in [0.15, 0.2) is 67.0 Å². The molecule has 1 atom stereocenters. The lowest BCUT2D eigenvalue weighted by atomic mass is 9.90. The molecule has 2 N–H and O–H groups in total. The average molecular weight is 385 g/mol. The molecule has 29 heavy (non-hydrogen) atoms. The summed E-state index contributed by atoms with van der Waals surface area (Å²) >= 11 is 0. The molecular formula is C23H23N5O. The molecule has 0 bridgehead atoms. The number of H-pyrrole nitrogens is 1. The van der Waals surface area contributed by atoms with Crippen LogP contribution in [0.3, 0.4) is 0 Å². The third-order valence-electron chi connectivity index (χ3n) is 5.70. The third-order valence-corrected chi connectivity index (χ3v) is 5.70. The van der Waals surface area contributed by atoms with E-state index in [1.165, 1.54) is 0 Å². The van der Waals surface area contributed by atoms with Crippen molar-refractivity contribution in [3.63, 3.8) is 0 Å². The molecule has 0 amide bonds. The van der Waals surface area contributed by atoms with E-state index in [-0.39, 0.29) is 5.92 Å². The highest BCUT2D eigenvalue weighted by Crippen LogP contribution is 2.34. The van der Waals surface area contributed by atoms with Gasteiger partial charge in [-0.15, -0.1) is 0 Å². The fourth-order valence-electron chi connectivity index (χ4n) is 4.11. The maximum atomic E-state index is 10.6. The van der Waals surface area contributed by atoms with E-state index in [1.54, 1.807) is 12.4 Å². The molecule has 2 aromatic carbocycles. The Kier molecular flexibility index (Phi) is 4.69. The first kappa shape index (κ1) is 17.8. The highest BCUT2D eigenvalue weighted by atomic mass is 16.3. The van der Waals surface area contributed by atoms with E-state index in [0.29, 0.717) is 5.82 Å². The summed E-state index contributed by atoms with van der Waals surface area (Å²) < 4.78 is 0. The van der Waals surface area contributed by atoms with Gasteiger partial charge in [0.1, 0.15) is 17.7 Å². The summed E-state index contributed by atoms with van der Waals surface area (Å²) in [5, 5.41) is 11.7. The molecule has 6 heteroatoms.